The van der Waals surface area contributed by atoms with Crippen LogP contribution in [0.4, 0.5) is 5.69 Å². The molecular weight excluding hydrogens is 364 g/mol. The third kappa shape index (κ3) is 4.74. The van der Waals surface area contributed by atoms with E-state index in [0.717, 1.165) is 52.6 Å². The molecule has 0 bridgehead atoms. The number of aromatic hydroxyl groups is 1. The summed E-state index contributed by atoms with van der Waals surface area (Å²) in [6, 6.07) is 8.03. The molecule has 26 heavy (non-hydrogen) atoms. The lowest BCUT2D eigenvalue weighted by atomic mass is 9.95. The van der Waals surface area contributed by atoms with E-state index in [4.69, 9.17) is 17.0 Å². The van der Waals surface area contributed by atoms with Crippen molar-refractivity contribution in [2.45, 2.75) is 57.9 Å². The summed E-state index contributed by atoms with van der Waals surface area (Å²) in [6.45, 7) is 2.89. The van der Waals surface area contributed by atoms with E-state index < -0.39 is 0 Å². The molecule has 6 heteroatoms. The van der Waals surface area contributed by atoms with Crippen molar-refractivity contribution in [3.05, 3.63) is 33.1 Å². The highest BCUT2D eigenvalue weighted by Crippen LogP contribution is 2.36. The Morgan fingerprint density at radius 2 is 2.00 bits per heavy atom. The van der Waals surface area contributed by atoms with Gasteiger partial charge in [0.05, 0.1) is 18.5 Å². The van der Waals surface area contributed by atoms with E-state index in [1.807, 2.05) is 28.8 Å². The first-order valence-electron chi connectivity index (χ1n) is 9.40. The summed E-state index contributed by atoms with van der Waals surface area (Å²) in [7, 11) is 0. The maximum absolute atomic E-state index is 10.6. The number of nitrogens with zero attached hydrogens (tertiary/aromatic N) is 2. The Bertz CT molecular complexity index is 787. The normalized spacial score (nSPS) is 15.6. The number of thiazole rings is 1. The molecule has 0 amide bonds. The van der Waals surface area contributed by atoms with Gasteiger partial charge in [0.1, 0.15) is 10.6 Å². The fraction of sp³-hybridized carbons (Fsp3) is 0.500. The number of benzene rings is 1. The minimum absolute atomic E-state index is 0.259. The molecule has 4 nitrogen and oxygen atoms in total. The highest BCUT2D eigenvalue weighted by Gasteiger charge is 2.21. The van der Waals surface area contributed by atoms with Crippen molar-refractivity contribution < 1.29 is 9.84 Å². The SMILES string of the molecule is CCCCOc1ccc(N=Cc2sc(=S)n(C3CCCCC3)c2O)cc1. The molecule has 0 spiro atoms. The van der Waals surface area contributed by atoms with Gasteiger partial charge in [-0.15, -0.1) is 0 Å². The molecule has 1 heterocycles. The molecule has 0 radical (unpaired) electrons. The smallest absolute Gasteiger partial charge is 0.212 e. The fourth-order valence-corrected chi connectivity index (χ4v) is 4.56. The molecule has 140 valence electrons. The summed E-state index contributed by atoms with van der Waals surface area (Å²) >= 11 is 6.91. The van der Waals surface area contributed by atoms with Crippen LogP contribution in [0.2, 0.25) is 0 Å². The molecule has 2 aromatic rings. The molecule has 1 saturated carbocycles. The van der Waals surface area contributed by atoms with Gasteiger partial charge in [-0.2, -0.15) is 0 Å². The van der Waals surface area contributed by atoms with E-state index in [-0.39, 0.29) is 5.88 Å². The highest BCUT2D eigenvalue weighted by atomic mass is 32.1. The van der Waals surface area contributed by atoms with Crippen LogP contribution in [0.15, 0.2) is 29.3 Å². The van der Waals surface area contributed by atoms with Crippen LogP contribution in [0.25, 0.3) is 0 Å². The zero-order valence-electron chi connectivity index (χ0n) is 15.2. The number of hydrogen-bond donors (Lipinski definition) is 1. The van der Waals surface area contributed by atoms with Gasteiger partial charge < -0.3 is 9.84 Å². The van der Waals surface area contributed by atoms with Crippen molar-refractivity contribution >= 4 is 35.5 Å². The number of hydrogen-bond acceptors (Lipinski definition) is 5. The zero-order valence-corrected chi connectivity index (χ0v) is 16.8. The third-order valence-corrected chi connectivity index (χ3v) is 6.04. The minimum Gasteiger partial charge on any atom is -0.494 e. The monoisotopic (exact) mass is 390 g/mol. The van der Waals surface area contributed by atoms with Crippen LogP contribution < -0.4 is 4.74 Å². The molecule has 0 unspecified atom stereocenters. The molecule has 1 aromatic carbocycles. The topological polar surface area (TPSA) is 46.8 Å². The predicted octanol–water partition coefficient (Wildman–Crippen LogP) is 6.42. The second-order valence-corrected chi connectivity index (χ2v) is 8.35. The van der Waals surface area contributed by atoms with Gasteiger partial charge in [0.2, 0.25) is 5.88 Å². The minimum atomic E-state index is 0.259. The Balaban J connectivity index is 1.69. The molecule has 1 fully saturated rings. The van der Waals surface area contributed by atoms with Gasteiger partial charge in [0, 0.05) is 6.04 Å². The number of unbranched alkanes of at least 4 members (excludes halogenated alkanes) is 1. The van der Waals surface area contributed by atoms with Gasteiger partial charge in [-0.05, 0) is 55.7 Å². The summed E-state index contributed by atoms with van der Waals surface area (Å²) in [5, 5.41) is 10.6. The number of rotatable bonds is 7. The van der Waals surface area contributed by atoms with E-state index in [1.54, 1.807) is 6.21 Å². The number of ether oxygens (including phenoxy) is 1. The lowest BCUT2D eigenvalue weighted by molar-refractivity contribution is 0.309. The van der Waals surface area contributed by atoms with Gasteiger partial charge in [0.15, 0.2) is 3.95 Å². The average molecular weight is 391 g/mol. The Hall–Kier alpha value is -1.66. The van der Waals surface area contributed by atoms with Crippen molar-refractivity contribution in [2.75, 3.05) is 6.61 Å². The second kappa shape index (κ2) is 9.33. The largest absolute Gasteiger partial charge is 0.494 e. The number of aromatic nitrogens is 1. The molecule has 0 aliphatic heterocycles. The average Bonchev–Trinajstić information content (AvgIpc) is 2.95. The Morgan fingerprint density at radius 1 is 1.27 bits per heavy atom. The summed E-state index contributed by atoms with van der Waals surface area (Å²) in [5.74, 6) is 1.12. The summed E-state index contributed by atoms with van der Waals surface area (Å²) in [5.41, 5.74) is 0.829. The molecule has 0 saturated heterocycles. The van der Waals surface area contributed by atoms with Crippen LogP contribution in [0.1, 0.15) is 62.8 Å². The van der Waals surface area contributed by atoms with Gasteiger partial charge >= 0.3 is 0 Å². The third-order valence-electron chi connectivity index (χ3n) is 4.72. The van der Waals surface area contributed by atoms with Gasteiger partial charge in [-0.3, -0.25) is 9.56 Å². The quantitative estimate of drug-likeness (QED) is 0.337. The van der Waals surface area contributed by atoms with Crippen LogP contribution in [-0.4, -0.2) is 22.5 Å². The predicted molar refractivity (Wildman–Crippen MR) is 111 cm³/mol. The van der Waals surface area contributed by atoms with Crippen LogP contribution in [0.5, 0.6) is 11.6 Å². The van der Waals surface area contributed by atoms with Gasteiger partial charge in [-0.25, -0.2) is 0 Å². The lowest BCUT2D eigenvalue weighted by Gasteiger charge is -2.23. The Morgan fingerprint density at radius 3 is 2.69 bits per heavy atom. The van der Waals surface area contributed by atoms with Crippen molar-refractivity contribution in [3.8, 4) is 11.6 Å². The Kier molecular flexibility index (Phi) is 6.86. The van der Waals surface area contributed by atoms with E-state index in [2.05, 4.69) is 11.9 Å². The molecular formula is C20H26N2O2S2. The van der Waals surface area contributed by atoms with E-state index in [9.17, 15) is 5.11 Å². The lowest BCUT2D eigenvalue weighted by Crippen LogP contribution is -2.12. The van der Waals surface area contributed by atoms with Crippen molar-refractivity contribution in [2.24, 2.45) is 4.99 Å². The van der Waals surface area contributed by atoms with E-state index in [1.165, 1.54) is 30.6 Å². The Labute approximate surface area is 164 Å². The second-order valence-electron chi connectivity index (χ2n) is 6.67. The maximum Gasteiger partial charge on any atom is 0.212 e. The zero-order chi connectivity index (χ0) is 18.4. The van der Waals surface area contributed by atoms with Gasteiger partial charge in [-0.1, -0.05) is 43.9 Å². The molecule has 0 atom stereocenters. The first-order valence-corrected chi connectivity index (χ1v) is 10.6. The number of aliphatic imine (C=N–C) groups is 1. The molecule has 3 rings (SSSR count). The first-order chi connectivity index (χ1) is 12.7. The van der Waals surface area contributed by atoms with E-state index >= 15 is 0 Å². The van der Waals surface area contributed by atoms with Crippen LogP contribution in [0.3, 0.4) is 0 Å². The van der Waals surface area contributed by atoms with Crippen LogP contribution >= 0.6 is 23.6 Å². The summed E-state index contributed by atoms with van der Waals surface area (Å²) in [4.78, 5) is 5.21. The van der Waals surface area contributed by atoms with E-state index in [0.29, 0.717) is 6.04 Å². The first kappa shape index (κ1) is 19.1. The van der Waals surface area contributed by atoms with Crippen LogP contribution in [0, 0.1) is 3.95 Å². The van der Waals surface area contributed by atoms with Crippen LogP contribution in [-0.2, 0) is 0 Å². The van der Waals surface area contributed by atoms with Crippen molar-refractivity contribution in [3.63, 3.8) is 0 Å². The standard InChI is InChI=1S/C20H26N2O2S2/c1-2-3-13-24-17-11-9-15(10-12-17)21-14-18-19(23)22(20(25)26-18)16-7-5-4-6-8-16/h9-12,14,16,23H,2-8,13H2,1H3. The molecule has 1 aliphatic rings. The fourth-order valence-electron chi connectivity index (χ4n) is 3.24. The maximum atomic E-state index is 10.6. The van der Waals surface area contributed by atoms with Crippen molar-refractivity contribution in [1.82, 2.24) is 4.57 Å². The molecule has 1 aliphatic carbocycles. The van der Waals surface area contributed by atoms with Gasteiger partial charge in [0.25, 0.3) is 0 Å². The molecule has 1 aromatic heterocycles. The molecule has 1 N–H and O–H groups in total. The van der Waals surface area contributed by atoms with Crippen molar-refractivity contribution in [1.29, 1.82) is 0 Å². The highest BCUT2D eigenvalue weighted by molar-refractivity contribution is 7.73. The summed E-state index contributed by atoms with van der Waals surface area (Å²) in [6.07, 6.45) is 9.77. The summed E-state index contributed by atoms with van der Waals surface area (Å²) < 4.78 is 8.32.